The number of carbonyl (C=O) groups excluding carboxylic acids is 1. The van der Waals surface area contributed by atoms with Crippen molar-refractivity contribution in [2.24, 2.45) is 0 Å². The number of thioether (sulfide) groups is 1. The summed E-state index contributed by atoms with van der Waals surface area (Å²) in [6, 6.07) is 3.79. The first-order valence-electron chi connectivity index (χ1n) is 12.9. The Balaban J connectivity index is 1.40. The number of aromatic nitrogens is 5. The molecular formula is C25H30F2N6O5S. The highest BCUT2D eigenvalue weighted by Crippen LogP contribution is 2.44. The number of anilines is 1. The predicted molar refractivity (Wildman–Crippen MR) is 137 cm³/mol. The number of halogens is 2. The minimum absolute atomic E-state index is 0.0370. The SMILES string of the molecule is CCCSc1nc(N[C@@H]2C[C@H]2c2ccc(F)c(F)c2)c2nnn([C@@]3(O)CC[C@H](OCC(=O)OCC)[C@H]3O)c2n1. The molecule has 3 N–H and O–H groups in total. The number of hydrogen-bond acceptors (Lipinski definition) is 11. The highest BCUT2D eigenvalue weighted by molar-refractivity contribution is 7.99. The first kappa shape index (κ1) is 27.6. The number of fused-ring (bicyclic) bond motifs is 1. The molecular weight excluding hydrogens is 534 g/mol. The van der Waals surface area contributed by atoms with Crippen LogP contribution in [0.25, 0.3) is 11.2 Å². The van der Waals surface area contributed by atoms with Crippen molar-refractivity contribution in [3.05, 3.63) is 35.4 Å². The van der Waals surface area contributed by atoms with E-state index in [9.17, 15) is 23.8 Å². The van der Waals surface area contributed by atoms with Crippen molar-refractivity contribution >= 4 is 34.7 Å². The smallest absolute Gasteiger partial charge is 0.332 e. The van der Waals surface area contributed by atoms with Gasteiger partial charge in [-0.3, -0.25) is 0 Å². The van der Waals surface area contributed by atoms with Crippen LogP contribution in [-0.4, -0.2) is 78.4 Å². The molecule has 5 atom stereocenters. The molecule has 0 aliphatic heterocycles. The molecule has 0 spiro atoms. The van der Waals surface area contributed by atoms with Gasteiger partial charge in [-0.2, -0.15) is 4.68 Å². The van der Waals surface area contributed by atoms with Gasteiger partial charge in [0.05, 0.1) is 12.7 Å². The maximum atomic E-state index is 13.8. The van der Waals surface area contributed by atoms with E-state index in [0.717, 1.165) is 18.2 Å². The minimum atomic E-state index is -1.87. The van der Waals surface area contributed by atoms with E-state index in [1.165, 1.54) is 22.5 Å². The van der Waals surface area contributed by atoms with Crippen LogP contribution >= 0.6 is 11.8 Å². The molecule has 5 rings (SSSR count). The molecule has 2 aromatic heterocycles. The first-order valence-corrected chi connectivity index (χ1v) is 13.9. The van der Waals surface area contributed by atoms with Gasteiger partial charge in [-0.05, 0) is 43.9 Å². The minimum Gasteiger partial charge on any atom is -0.464 e. The normalized spacial score (nSPS) is 26.2. The van der Waals surface area contributed by atoms with Crippen molar-refractivity contribution in [2.75, 3.05) is 24.3 Å². The van der Waals surface area contributed by atoms with Crippen molar-refractivity contribution in [2.45, 2.75) is 74.6 Å². The Labute approximate surface area is 227 Å². The maximum Gasteiger partial charge on any atom is 0.332 e. The van der Waals surface area contributed by atoms with Crippen LogP contribution in [0.4, 0.5) is 14.6 Å². The van der Waals surface area contributed by atoms with Crippen molar-refractivity contribution in [1.29, 1.82) is 0 Å². The van der Waals surface area contributed by atoms with Gasteiger partial charge in [0.25, 0.3) is 0 Å². The second kappa shape index (κ2) is 11.3. The lowest BCUT2D eigenvalue weighted by Gasteiger charge is -2.28. The van der Waals surface area contributed by atoms with Crippen LogP contribution in [0, 0.1) is 11.6 Å². The van der Waals surface area contributed by atoms with E-state index in [0.29, 0.717) is 28.5 Å². The monoisotopic (exact) mass is 564 g/mol. The molecule has 1 aromatic carbocycles. The zero-order chi connectivity index (χ0) is 27.7. The van der Waals surface area contributed by atoms with Crippen LogP contribution in [0.5, 0.6) is 0 Å². The van der Waals surface area contributed by atoms with Crippen LogP contribution in [0.3, 0.4) is 0 Å². The van der Waals surface area contributed by atoms with Gasteiger partial charge in [0.1, 0.15) is 12.7 Å². The summed E-state index contributed by atoms with van der Waals surface area (Å²) in [6.07, 6.45) is -0.305. The number of benzene rings is 1. The fourth-order valence-electron chi connectivity index (χ4n) is 4.80. The summed E-state index contributed by atoms with van der Waals surface area (Å²) in [7, 11) is 0. The van der Waals surface area contributed by atoms with E-state index < -0.39 is 35.5 Å². The Morgan fingerprint density at radius 2 is 2.10 bits per heavy atom. The van der Waals surface area contributed by atoms with Crippen molar-refractivity contribution < 1.29 is 33.3 Å². The Hall–Kier alpha value is -2.94. The molecule has 11 nitrogen and oxygen atoms in total. The number of nitrogens with zero attached hydrogens (tertiary/aromatic N) is 5. The molecule has 2 aliphatic carbocycles. The molecule has 0 radical (unpaired) electrons. The second-order valence-electron chi connectivity index (χ2n) is 9.66. The number of hydrogen-bond donors (Lipinski definition) is 3. The van der Waals surface area contributed by atoms with E-state index >= 15 is 0 Å². The number of aliphatic hydroxyl groups is 2. The standard InChI is InChI=1S/C25H30F2N6O5S/c1-3-9-39-24-29-22(28-17-11-14(17)13-5-6-15(26)16(27)10-13)20-23(30-24)33(32-31-20)25(36)8-7-18(21(25)35)38-12-19(34)37-4-2/h5-6,10,14,17-18,21,35-36H,3-4,7-9,11-12H2,1-2H3,(H,28,29,30)/t14-,17+,18-,21+,25+/m0/s1. The van der Waals surface area contributed by atoms with Gasteiger partial charge in [-0.1, -0.05) is 30.0 Å². The molecule has 0 amide bonds. The molecule has 0 bridgehead atoms. The summed E-state index contributed by atoms with van der Waals surface area (Å²) in [5.41, 5.74) is -0.676. The molecule has 2 fully saturated rings. The van der Waals surface area contributed by atoms with Crippen molar-refractivity contribution in [3.63, 3.8) is 0 Å². The highest BCUT2D eigenvalue weighted by atomic mass is 32.2. The number of ether oxygens (including phenoxy) is 2. The third-order valence-electron chi connectivity index (χ3n) is 6.91. The van der Waals surface area contributed by atoms with E-state index in [1.54, 1.807) is 13.0 Å². The third-order valence-corrected chi connectivity index (χ3v) is 7.96. The van der Waals surface area contributed by atoms with Gasteiger partial charge in [-0.25, -0.2) is 23.5 Å². The maximum absolute atomic E-state index is 13.8. The third kappa shape index (κ3) is 5.55. The Morgan fingerprint density at radius 1 is 1.28 bits per heavy atom. The lowest BCUT2D eigenvalue weighted by Crippen LogP contribution is -2.46. The molecule has 2 aliphatic rings. The van der Waals surface area contributed by atoms with Gasteiger partial charge < -0.3 is 25.0 Å². The van der Waals surface area contributed by atoms with Crippen LogP contribution in [0.15, 0.2) is 23.4 Å². The van der Waals surface area contributed by atoms with Gasteiger partial charge in [-0.15, -0.1) is 5.10 Å². The van der Waals surface area contributed by atoms with Gasteiger partial charge >= 0.3 is 5.97 Å². The van der Waals surface area contributed by atoms with Gasteiger partial charge in [0, 0.05) is 24.1 Å². The van der Waals surface area contributed by atoms with E-state index in [1.807, 2.05) is 6.92 Å². The Morgan fingerprint density at radius 3 is 2.85 bits per heavy atom. The number of nitrogens with one attached hydrogen (secondary N) is 1. The van der Waals surface area contributed by atoms with Crippen LogP contribution in [-0.2, 0) is 20.0 Å². The fraction of sp³-hybridized carbons (Fsp3) is 0.560. The molecule has 0 unspecified atom stereocenters. The summed E-state index contributed by atoms with van der Waals surface area (Å²) >= 11 is 1.43. The molecule has 210 valence electrons. The number of rotatable bonds is 11. The summed E-state index contributed by atoms with van der Waals surface area (Å²) in [5.74, 6) is -1.23. The van der Waals surface area contributed by atoms with Crippen molar-refractivity contribution in [1.82, 2.24) is 25.0 Å². The lowest BCUT2D eigenvalue weighted by atomic mass is 10.1. The van der Waals surface area contributed by atoms with Crippen molar-refractivity contribution in [3.8, 4) is 0 Å². The number of esters is 1. The van der Waals surface area contributed by atoms with E-state index in [4.69, 9.17) is 9.47 Å². The summed E-state index contributed by atoms with van der Waals surface area (Å²) in [4.78, 5) is 20.9. The molecule has 2 saturated carbocycles. The molecule has 14 heteroatoms. The quantitative estimate of drug-likeness (QED) is 0.180. The topological polar surface area (TPSA) is 145 Å². The molecule has 39 heavy (non-hydrogen) atoms. The average Bonchev–Trinajstić information content (AvgIpc) is 3.43. The van der Waals surface area contributed by atoms with Crippen LogP contribution in [0.1, 0.15) is 51.0 Å². The largest absolute Gasteiger partial charge is 0.464 e. The fourth-order valence-corrected chi connectivity index (χ4v) is 5.49. The van der Waals surface area contributed by atoms with Crippen LogP contribution < -0.4 is 5.32 Å². The summed E-state index contributed by atoms with van der Waals surface area (Å²) in [5, 5.41) is 34.6. The second-order valence-corrected chi connectivity index (χ2v) is 10.7. The van der Waals surface area contributed by atoms with E-state index in [-0.39, 0.29) is 43.7 Å². The first-order chi connectivity index (χ1) is 18.7. The number of aliphatic hydroxyl groups excluding tert-OH is 1. The van der Waals surface area contributed by atoms with E-state index in [2.05, 4.69) is 25.6 Å². The molecule has 0 saturated heterocycles. The average molecular weight is 565 g/mol. The summed E-state index contributed by atoms with van der Waals surface area (Å²) in [6.45, 7) is 3.57. The summed E-state index contributed by atoms with van der Waals surface area (Å²) < 4.78 is 38.7. The molecule has 3 aromatic rings. The Kier molecular flexibility index (Phi) is 7.99. The number of carbonyl (C=O) groups is 1. The van der Waals surface area contributed by atoms with Gasteiger partial charge in [0.15, 0.2) is 39.5 Å². The zero-order valence-corrected chi connectivity index (χ0v) is 22.3. The predicted octanol–water partition coefficient (Wildman–Crippen LogP) is 2.72. The van der Waals surface area contributed by atoms with Gasteiger partial charge in [0.2, 0.25) is 0 Å². The lowest BCUT2D eigenvalue weighted by molar-refractivity contribution is -0.166. The van der Waals surface area contributed by atoms with Crippen LogP contribution in [0.2, 0.25) is 0 Å². The zero-order valence-electron chi connectivity index (χ0n) is 21.5. The highest BCUT2D eigenvalue weighted by Gasteiger charge is 2.51. The molecule has 2 heterocycles. The Bertz CT molecular complexity index is 1360.